The number of aryl methyl sites for hydroxylation is 1. The Labute approximate surface area is 136 Å². The SMILES string of the molecule is Cc1cc(CNC(=O)/C=C/c2sc3ccccc3c2Cl)no1. The third-order valence-electron chi connectivity index (χ3n) is 3.07. The fourth-order valence-electron chi connectivity index (χ4n) is 2.03. The third-order valence-corrected chi connectivity index (χ3v) is 4.72. The molecule has 1 aromatic carbocycles. The lowest BCUT2D eigenvalue weighted by Crippen LogP contribution is -2.20. The number of nitrogens with zero attached hydrogens (tertiary/aromatic N) is 1. The van der Waals surface area contributed by atoms with E-state index in [1.54, 1.807) is 23.5 Å². The fraction of sp³-hybridized carbons (Fsp3) is 0.125. The summed E-state index contributed by atoms with van der Waals surface area (Å²) in [5, 5.41) is 8.25. The molecule has 112 valence electrons. The second-order valence-corrected chi connectivity index (χ2v) is 6.22. The van der Waals surface area contributed by atoms with Gasteiger partial charge in [-0.1, -0.05) is 35.0 Å². The number of hydrogen-bond donors (Lipinski definition) is 1. The van der Waals surface area contributed by atoms with E-state index in [1.807, 2.05) is 31.2 Å². The molecule has 6 heteroatoms. The topological polar surface area (TPSA) is 55.1 Å². The minimum atomic E-state index is -0.200. The van der Waals surface area contributed by atoms with Crippen LogP contribution < -0.4 is 5.32 Å². The number of nitrogens with one attached hydrogen (secondary N) is 1. The number of benzene rings is 1. The second-order valence-electron chi connectivity index (χ2n) is 4.76. The van der Waals surface area contributed by atoms with Crippen LogP contribution in [0.2, 0.25) is 5.02 Å². The number of amides is 1. The van der Waals surface area contributed by atoms with Crippen LogP contribution >= 0.6 is 22.9 Å². The van der Waals surface area contributed by atoms with Crippen LogP contribution in [0.5, 0.6) is 0 Å². The summed E-state index contributed by atoms with van der Waals surface area (Å²) in [6.07, 6.45) is 3.21. The molecule has 1 N–H and O–H groups in total. The van der Waals surface area contributed by atoms with Gasteiger partial charge >= 0.3 is 0 Å². The Balaban J connectivity index is 1.67. The fourth-order valence-corrected chi connectivity index (χ4v) is 3.43. The van der Waals surface area contributed by atoms with Crippen LogP contribution in [-0.4, -0.2) is 11.1 Å². The summed E-state index contributed by atoms with van der Waals surface area (Å²) in [5.74, 6) is 0.519. The number of halogens is 1. The zero-order valence-electron chi connectivity index (χ0n) is 11.8. The molecule has 3 aromatic rings. The van der Waals surface area contributed by atoms with E-state index in [2.05, 4.69) is 10.5 Å². The highest BCUT2D eigenvalue weighted by molar-refractivity contribution is 7.20. The first kappa shape index (κ1) is 14.8. The number of fused-ring (bicyclic) bond motifs is 1. The van der Waals surface area contributed by atoms with Crippen molar-refractivity contribution in [3.8, 4) is 0 Å². The van der Waals surface area contributed by atoms with Crippen molar-refractivity contribution in [2.75, 3.05) is 0 Å². The second kappa shape index (κ2) is 6.34. The van der Waals surface area contributed by atoms with Gasteiger partial charge in [-0.15, -0.1) is 11.3 Å². The smallest absolute Gasteiger partial charge is 0.244 e. The third kappa shape index (κ3) is 3.21. The van der Waals surface area contributed by atoms with E-state index in [0.29, 0.717) is 17.3 Å². The minimum Gasteiger partial charge on any atom is -0.361 e. The molecule has 0 aliphatic carbocycles. The Morgan fingerprint density at radius 2 is 2.27 bits per heavy atom. The molecule has 0 aliphatic rings. The molecule has 0 aliphatic heterocycles. The summed E-state index contributed by atoms with van der Waals surface area (Å²) in [6, 6.07) is 9.68. The van der Waals surface area contributed by atoms with Gasteiger partial charge in [-0.3, -0.25) is 4.79 Å². The molecule has 0 spiro atoms. The number of carbonyl (C=O) groups is 1. The summed E-state index contributed by atoms with van der Waals surface area (Å²) in [4.78, 5) is 12.7. The van der Waals surface area contributed by atoms with Crippen LogP contribution in [-0.2, 0) is 11.3 Å². The van der Waals surface area contributed by atoms with Gasteiger partial charge in [0.15, 0.2) is 0 Å². The zero-order chi connectivity index (χ0) is 15.5. The average molecular weight is 333 g/mol. The molecule has 0 saturated heterocycles. The first-order valence-corrected chi connectivity index (χ1v) is 7.88. The number of rotatable bonds is 4. The van der Waals surface area contributed by atoms with Crippen molar-refractivity contribution < 1.29 is 9.32 Å². The van der Waals surface area contributed by atoms with Crippen molar-refractivity contribution in [2.24, 2.45) is 0 Å². The van der Waals surface area contributed by atoms with E-state index in [9.17, 15) is 4.79 Å². The van der Waals surface area contributed by atoms with E-state index in [1.165, 1.54) is 6.08 Å². The standard InChI is InChI=1S/C16H13ClN2O2S/c1-10-8-11(19-21-10)9-18-15(20)7-6-14-16(17)12-4-2-3-5-13(12)22-14/h2-8H,9H2,1H3,(H,18,20)/b7-6+. The lowest BCUT2D eigenvalue weighted by molar-refractivity contribution is -0.116. The zero-order valence-corrected chi connectivity index (χ0v) is 13.4. The highest BCUT2D eigenvalue weighted by Crippen LogP contribution is 2.35. The van der Waals surface area contributed by atoms with E-state index >= 15 is 0 Å². The van der Waals surface area contributed by atoms with Crippen molar-refractivity contribution in [1.29, 1.82) is 0 Å². The van der Waals surface area contributed by atoms with E-state index in [-0.39, 0.29) is 5.91 Å². The molecule has 22 heavy (non-hydrogen) atoms. The molecule has 0 radical (unpaired) electrons. The largest absolute Gasteiger partial charge is 0.361 e. The minimum absolute atomic E-state index is 0.200. The predicted molar refractivity (Wildman–Crippen MR) is 89.0 cm³/mol. The van der Waals surface area contributed by atoms with E-state index in [0.717, 1.165) is 20.7 Å². The van der Waals surface area contributed by atoms with Crippen molar-refractivity contribution >= 4 is 45.0 Å². The summed E-state index contributed by atoms with van der Waals surface area (Å²) in [7, 11) is 0. The van der Waals surface area contributed by atoms with Gasteiger partial charge < -0.3 is 9.84 Å². The van der Waals surface area contributed by atoms with Crippen LogP contribution in [0.3, 0.4) is 0 Å². The first-order chi connectivity index (χ1) is 10.6. The molecular weight excluding hydrogens is 320 g/mol. The van der Waals surface area contributed by atoms with Crippen LogP contribution in [0.1, 0.15) is 16.3 Å². The normalized spacial score (nSPS) is 11.4. The molecule has 0 saturated carbocycles. The van der Waals surface area contributed by atoms with Gasteiger partial charge in [0.1, 0.15) is 11.5 Å². The summed E-state index contributed by atoms with van der Waals surface area (Å²) >= 11 is 7.88. The summed E-state index contributed by atoms with van der Waals surface area (Å²) < 4.78 is 6.04. The maximum absolute atomic E-state index is 11.8. The van der Waals surface area contributed by atoms with E-state index < -0.39 is 0 Å². The number of carbonyl (C=O) groups excluding carboxylic acids is 1. The van der Waals surface area contributed by atoms with E-state index in [4.69, 9.17) is 16.1 Å². The first-order valence-electron chi connectivity index (χ1n) is 6.68. The van der Waals surface area contributed by atoms with Crippen molar-refractivity contribution in [1.82, 2.24) is 10.5 Å². The van der Waals surface area contributed by atoms with Gasteiger partial charge in [0.05, 0.1) is 11.6 Å². The summed E-state index contributed by atoms with van der Waals surface area (Å²) in [5.41, 5.74) is 0.694. The van der Waals surface area contributed by atoms with Crippen molar-refractivity contribution in [2.45, 2.75) is 13.5 Å². The lowest BCUT2D eigenvalue weighted by Gasteiger charge is -1.97. The van der Waals surface area contributed by atoms with Crippen molar-refractivity contribution in [3.05, 3.63) is 57.8 Å². The molecule has 2 aromatic heterocycles. The monoisotopic (exact) mass is 332 g/mol. The number of thiophene rings is 1. The number of aromatic nitrogens is 1. The summed E-state index contributed by atoms with van der Waals surface area (Å²) in [6.45, 7) is 2.14. The van der Waals surface area contributed by atoms with Crippen molar-refractivity contribution in [3.63, 3.8) is 0 Å². The molecule has 0 unspecified atom stereocenters. The maximum Gasteiger partial charge on any atom is 0.244 e. The van der Waals surface area contributed by atoms with Gasteiger partial charge in [-0.2, -0.15) is 0 Å². The Hall–Kier alpha value is -2.11. The molecule has 2 heterocycles. The Bertz CT molecular complexity index is 851. The molecule has 0 atom stereocenters. The van der Waals surface area contributed by atoms with Crippen LogP contribution in [0, 0.1) is 6.92 Å². The average Bonchev–Trinajstić information content (AvgIpc) is 3.07. The molecule has 0 fully saturated rings. The lowest BCUT2D eigenvalue weighted by atomic mass is 10.2. The van der Waals surface area contributed by atoms with Gasteiger partial charge in [0, 0.05) is 27.1 Å². The van der Waals surface area contributed by atoms with Gasteiger partial charge in [0.25, 0.3) is 0 Å². The molecular formula is C16H13ClN2O2S. The van der Waals surface area contributed by atoms with Gasteiger partial charge in [0.2, 0.25) is 5.91 Å². The van der Waals surface area contributed by atoms with Crippen LogP contribution in [0.4, 0.5) is 0 Å². The van der Waals surface area contributed by atoms with Crippen LogP contribution in [0.25, 0.3) is 16.2 Å². The molecule has 1 amide bonds. The molecule has 0 bridgehead atoms. The Morgan fingerprint density at radius 1 is 1.45 bits per heavy atom. The predicted octanol–water partition coefficient (Wildman–Crippen LogP) is 4.18. The van der Waals surface area contributed by atoms with Crippen LogP contribution in [0.15, 0.2) is 40.9 Å². The van der Waals surface area contributed by atoms with Gasteiger partial charge in [-0.05, 0) is 19.1 Å². The molecule has 3 rings (SSSR count). The van der Waals surface area contributed by atoms with Gasteiger partial charge in [-0.25, -0.2) is 0 Å². The highest BCUT2D eigenvalue weighted by Gasteiger charge is 2.08. The Kier molecular flexibility index (Phi) is 4.27. The Morgan fingerprint density at radius 3 is 3.00 bits per heavy atom. The highest BCUT2D eigenvalue weighted by atomic mass is 35.5. The maximum atomic E-state index is 11.8. The number of hydrogen-bond acceptors (Lipinski definition) is 4. The molecule has 4 nitrogen and oxygen atoms in total. The quantitative estimate of drug-likeness (QED) is 0.729.